The van der Waals surface area contributed by atoms with Crippen LogP contribution >= 0.6 is 0 Å². The molecule has 0 heterocycles. The fourth-order valence-electron chi connectivity index (χ4n) is 3.01. The van der Waals surface area contributed by atoms with Crippen molar-refractivity contribution in [3.63, 3.8) is 0 Å². The molecule has 0 saturated carbocycles. The predicted octanol–water partition coefficient (Wildman–Crippen LogP) is 3.44. The summed E-state index contributed by atoms with van der Waals surface area (Å²) in [7, 11) is 0. The van der Waals surface area contributed by atoms with Crippen LogP contribution in [0.5, 0.6) is 0 Å². The van der Waals surface area contributed by atoms with Gasteiger partial charge >= 0.3 is 5.97 Å². The maximum absolute atomic E-state index is 11.5. The minimum absolute atomic E-state index is 0.0842. The highest BCUT2D eigenvalue weighted by molar-refractivity contribution is 5.77. The van der Waals surface area contributed by atoms with Gasteiger partial charge in [0.2, 0.25) is 0 Å². The molecule has 0 aromatic heterocycles. The van der Waals surface area contributed by atoms with Gasteiger partial charge in [0.1, 0.15) is 12.7 Å². The fraction of sp³-hybridized carbons (Fsp3) is 0.952. The summed E-state index contributed by atoms with van der Waals surface area (Å²) < 4.78 is 4.58. The number of carbonyl (C=O) groups excluding carboxylic acids is 1. The average Bonchev–Trinajstić information content (AvgIpc) is 2.65. The lowest BCUT2D eigenvalue weighted by Gasteiger charge is -2.20. The van der Waals surface area contributed by atoms with Crippen molar-refractivity contribution >= 4 is 5.97 Å². The lowest BCUT2D eigenvalue weighted by molar-refractivity contribution is -0.214. The minimum Gasteiger partial charge on any atom is -0.459 e. The lowest BCUT2D eigenvalue weighted by Crippen LogP contribution is -2.41. The second-order valence-electron chi connectivity index (χ2n) is 7.60. The van der Waals surface area contributed by atoms with Crippen LogP contribution in [0.4, 0.5) is 0 Å². The van der Waals surface area contributed by atoms with E-state index in [1.165, 1.54) is 64.2 Å². The van der Waals surface area contributed by atoms with Gasteiger partial charge in [-0.2, -0.15) is 0 Å². The summed E-state index contributed by atoms with van der Waals surface area (Å²) in [6.45, 7) is 1.25. The van der Waals surface area contributed by atoms with Crippen molar-refractivity contribution in [3.8, 4) is 0 Å². The first-order valence-corrected chi connectivity index (χ1v) is 10.8. The van der Waals surface area contributed by atoms with Gasteiger partial charge in [0.15, 0.2) is 0 Å². The Balaban J connectivity index is 3.45. The van der Waals surface area contributed by atoms with Gasteiger partial charge < -0.3 is 25.2 Å². The van der Waals surface area contributed by atoms with Crippen LogP contribution in [-0.2, 0) is 9.53 Å². The molecule has 6 heteroatoms. The van der Waals surface area contributed by atoms with E-state index >= 15 is 0 Å². The summed E-state index contributed by atoms with van der Waals surface area (Å²) in [5.74, 6) is -3.70. The molecule has 1 atom stereocenters. The molecule has 0 amide bonds. The van der Waals surface area contributed by atoms with Crippen molar-refractivity contribution in [3.05, 3.63) is 0 Å². The Kier molecular flexibility index (Phi) is 17.0. The van der Waals surface area contributed by atoms with E-state index in [-0.39, 0.29) is 6.42 Å². The first-order chi connectivity index (χ1) is 12.9. The number of hydrogen-bond acceptors (Lipinski definition) is 6. The highest BCUT2D eigenvalue weighted by Crippen LogP contribution is 2.17. The summed E-state index contributed by atoms with van der Waals surface area (Å²) in [6.07, 6.45) is 15.5. The van der Waals surface area contributed by atoms with Crippen LogP contribution in [0.25, 0.3) is 0 Å². The highest BCUT2D eigenvalue weighted by atomic mass is 16.6. The van der Waals surface area contributed by atoms with E-state index in [9.17, 15) is 15.0 Å². The van der Waals surface area contributed by atoms with Crippen molar-refractivity contribution in [2.24, 2.45) is 0 Å². The number of aliphatic hydroxyl groups excluding tert-OH is 2. The molecule has 0 fully saturated rings. The van der Waals surface area contributed by atoms with Crippen LogP contribution < -0.4 is 0 Å². The molecule has 0 aromatic carbocycles. The molecule has 0 aliphatic carbocycles. The zero-order valence-electron chi connectivity index (χ0n) is 17.2. The van der Waals surface area contributed by atoms with Crippen molar-refractivity contribution < 1.29 is 30.0 Å². The molecule has 0 saturated heterocycles. The molecule has 6 nitrogen and oxygen atoms in total. The topological polar surface area (TPSA) is 107 Å². The zero-order valence-corrected chi connectivity index (χ0v) is 17.2. The number of hydrogen-bond donors (Lipinski definition) is 4. The maximum atomic E-state index is 11.5. The van der Waals surface area contributed by atoms with E-state index in [4.69, 9.17) is 10.2 Å². The Labute approximate surface area is 164 Å². The van der Waals surface area contributed by atoms with Gasteiger partial charge in [-0.05, 0) is 6.42 Å². The molecule has 0 spiro atoms. The molecule has 0 aromatic rings. The van der Waals surface area contributed by atoms with E-state index in [2.05, 4.69) is 11.7 Å². The molecule has 0 aliphatic rings. The third kappa shape index (κ3) is 16.0. The van der Waals surface area contributed by atoms with Gasteiger partial charge in [0, 0.05) is 6.42 Å². The van der Waals surface area contributed by atoms with E-state index < -0.39 is 31.1 Å². The molecular weight excluding hydrogens is 348 g/mol. The summed E-state index contributed by atoms with van der Waals surface area (Å²) in [5.41, 5.74) is 0. The van der Waals surface area contributed by atoms with Gasteiger partial charge in [0.25, 0.3) is 5.79 Å². The summed E-state index contributed by atoms with van der Waals surface area (Å²) in [4.78, 5) is 11.5. The van der Waals surface area contributed by atoms with Crippen LogP contribution in [0, 0.1) is 0 Å². The molecule has 0 unspecified atom stereocenters. The Morgan fingerprint density at radius 1 is 0.815 bits per heavy atom. The van der Waals surface area contributed by atoms with E-state index in [0.29, 0.717) is 6.42 Å². The van der Waals surface area contributed by atoms with Gasteiger partial charge in [-0.15, -0.1) is 0 Å². The fourth-order valence-corrected chi connectivity index (χ4v) is 3.01. The quantitative estimate of drug-likeness (QED) is 0.153. The van der Waals surface area contributed by atoms with Gasteiger partial charge in [0.05, 0.1) is 6.61 Å². The molecule has 0 bridgehead atoms. The smallest absolute Gasteiger partial charge is 0.366 e. The van der Waals surface area contributed by atoms with E-state index in [0.717, 1.165) is 19.3 Å². The minimum atomic E-state index is -2.52. The Morgan fingerprint density at radius 3 is 1.63 bits per heavy atom. The Morgan fingerprint density at radius 2 is 1.22 bits per heavy atom. The number of carbonyl (C=O) groups is 1. The van der Waals surface area contributed by atoms with Crippen molar-refractivity contribution in [2.45, 2.75) is 115 Å². The Hall–Kier alpha value is -0.690. The Bertz CT molecular complexity index is 346. The number of unbranched alkanes of at least 4 members (excludes halogenated alkanes) is 13. The van der Waals surface area contributed by atoms with Crippen LogP contribution in [0.2, 0.25) is 0 Å². The van der Waals surface area contributed by atoms with Gasteiger partial charge in [-0.25, -0.2) is 4.79 Å². The first-order valence-electron chi connectivity index (χ1n) is 10.8. The van der Waals surface area contributed by atoms with Crippen molar-refractivity contribution in [1.29, 1.82) is 0 Å². The summed E-state index contributed by atoms with van der Waals surface area (Å²) >= 11 is 0. The van der Waals surface area contributed by atoms with Gasteiger partial charge in [-0.1, -0.05) is 90.4 Å². The maximum Gasteiger partial charge on any atom is 0.366 e. The number of rotatable bonds is 19. The second kappa shape index (κ2) is 17.4. The molecule has 0 radical (unpaired) electrons. The number of esters is 1. The third-order valence-corrected chi connectivity index (χ3v) is 4.82. The van der Waals surface area contributed by atoms with E-state index in [1.54, 1.807) is 0 Å². The lowest BCUT2D eigenvalue weighted by atomic mass is 10.0. The monoisotopic (exact) mass is 390 g/mol. The van der Waals surface area contributed by atoms with Crippen LogP contribution in [-0.4, -0.2) is 51.5 Å². The molecule has 27 heavy (non-hydrogen) atoms. The SMILES string of the molecule is CCCCCCCCCCCCCCCCC(O)(O)C(=O)OC[C@@H](O)CO. The largest absolute Gasteiger partial charge is 0.459 e. The van der Waals surface area contributed by atoms with Crippen LogP contribution in [0.15, 0.2) is 0 Å². The zero-order chi connectivity index (χ0) is 20.4. The molecule has 4 N–H and O–H groups in total. The molecule has 0 rings (SSSR count). The van der Waals surface area contributed by atoms with Crippen molar-refractivity contribution in [2.75, 3.05) is 13.2 Å². The average molecular weight is 391 g/mol. The van der Waals surface area contributed by atoms with Gasteiger partial charge in [-0.3, -0.25) is 0 Å². The van der Waals surface area contributed by atoms with Crippen LogP contribution in [0.3, 0.4) is 0 Å². The van der Waals surface area contributed by atoms with Crippen LogP contribution in [0.1, 0.15) is 103 Å². The van der Waals surface area contributed by atoms with E-state index in [1.807, 2.05) is 0 Å². The normalized spacial score (nSPS) is 12.9. The molecule has 162 valence electrons. The second-order valence-corrected chi connectivity index (χ2v) is 7.60. The predicted molar refractivity (Wildman–Crippen MR) is 106 cm³/mol. The summed E-state index contributed by atoms with van der Waals surface area (Å²) in [6, 6.07) is 0. The number of aliphatic hydroxyl groups is 4. The summed E-state index contributed by atoms with van der Waals surface area (Å²) in [5, 5.41) is 37.1. The molecular formula is C21H42O6. The van der Waals surface area contributed by atoms with Crippen molar-refractivity contribution in [1.82, 2.24) is 0 Å². The standard InChI is InChI=1S/C21H42O6/c1-2-3-4-5-6-7-8-9-10-11-12-13-14-15-16-21(25,26)20(24)27-18-19(23)17-22/h19,22-23,25-26H,2-18H2,1H3/t19-/m0/s1. The molecule has 0 aliphatic heterocycles. The first kappa shape index (κ1) is 26.3. The number of ether oxygens (including phenoxy) is 1. The third-order valence-electron chi connectivity index (χ3n) is 4.82. The highest BCUT2D eigenvalue weighted by Gasteiger charge is 2.34.